The van der Waals surface area contributed by atoms with Gasteiger partial charge < -0.3 is 33.2 Å². The number of ketones is 1. The SMILES string of the molecule is COc1ccc(Cc2ccc(OC(=O)c3ccc(Oc4ccc(OC(=O)COc5ccc(C(C)c6ccc(OC(=O)c7ccc(Oc8ccc(C(C)=O)cc8)cc7)c(C)c6)cc5C)cc4)cc3)cc2)cc1. The molecule has 0 N–H and O–H groups in total. The number of hydrogen-bond acceptors (Lipinski definition) is 11. The molecule has 0 aliphatic carbocycles. The first-order valence-corrected chi connectivity index (χ1v) is 22.8. The minimum Gasteiger partial charge on any atom is -0.497 e. The van der Waals surface area contributed by atoms with E-state index in [-0.39, 0.29) is 18.3 Å². The Bertz CT molecular complexity index is 3140. The fourth-order valence-electron chi connectivity index (χ4n) is 7.55. The molecule has 0 saturated heterocycles. The molecular formula is C60H50O11. The Morgan fingerprint density at radius 2 is 0.831 bits per heavy atom. The van der Waals surface area contributed by atoms with E-state index in [9.17, 15) is 19.2 Å². The van der Waals surface area contributed by atoms with Gasteiger partial charge in [-0.3, -0.25) is 4.79 Å². The van der Waals surface area contributed by atoms with E-state index in [1.54, 1.807) is 122 Å². The average Bonchev–Trinajstić information content (AvgIpc) is 3.38. The smallest absolute Gasteiger partial charge is 0.349 e. The van der Waals surface area contributed by atoms with Crippen molar-refractivity contribution in [2.45, 2.75) is 40.0 Å². The molecule has 11 nitrogen and oxygen atoms in total. The number of hydrogen-bond donors (Lipinski definition) is 0. The van der Waals surface area contributed by atoms with Gasteiger partial charge in [0.2, 0.25) is 0 Å². The molecule has 0 amide bonds. The van der Waals surface area contributed by atoms with E-state index in [1.165, 1.54) is 6.92 Å². The first-order valence-electron chi connectivity index (χ1n) is 22.8. The van der Waals surface area contributed by atoms with Crippen molar-refractivity contribution in [3.05, 3.63) is 232 Å². The third-order valence-electron chi connectivity index (χ3n) is 11.6. The number of benzene rings is 8. The van der Waals surface area contributed by atoms with Gasteiger partial charge in [-0.2, -0.15) is 0 Å². The lowest BCUT2D eigenvalue weighted by Gasteiger charge is -2.17. The Hall–Kier alpha value is -8.96. The van der Waals surface area contributed by atoms with Crippen molar-refractivity contribution in [1.29, 1.82) is 0 Å². The van der Waals surface area contributed by atoms with Gasteiger partial charge in [0.05, 0.1) is 18.2 Å². The molecule has 0 aromatic heterocycles. The molecule has 356 valence electrons. The highest BCUT2D eigenvalue weighted by molar-refractivity contribution is 5.94. The highest BCUT2D eigenvalue weighted by atomic mass is 16.6. The molecule has 0 radical (unpaired) electrons. The van der Waals surface area contributed by atoms with Crippen LogP contribution in [0.5, 0.6) is 51.7 Å². The summed E-state index contributed by atoms with van der Waals surface area (Å²) in [4.78, 5) is 50.2. The Balaban J connectivity index is 0.766. The monoisotopic (exact) mass is 946 g/mol. The van der Waals surface area contributed by atoms with Crippen LogP contribution in [-0.4, -0.2) is 37.4 Å². The Morgan fingerprint density at radius 1 is 0.437 bits per heavy atom. The summed E-state index contributed by atoms with van der Waals surface area (Å²) in [6, 6.07) is 53.6. The van der Waals surface area contributed by atoms with Crippen molar-refractivity contribution in [3.8, 4) is 51.7 Å². The Labute approximate surface area is 412 Å². The number of ether oxygens (including phenoxy) is 7. The molecule has 8 aromatic carbocycles. The molecule has 8 rings (SSSR count). The van der Waals surface area contributed by atoms with Crippen LogP contribution >= 0.6 is 0 Å². The zero-order valence-corrected chi connectivity index (χ0v) is 39.8. The highest BCUT2D eigenvalue weighted by Crippen LogP contribution is 2.32. The molecule has 11 heteroatoms. The van der Waals surface area contributed by atoms with Gasteiger partial charge in [-0.25, -0.2) is 14.4 Å². The van der Waals surface area contributed by atoms with Crippen molar-refractivity contribution >= 4 is 23.7 Å². The maximum atomic E-state index is 13.0. The summed E-state index contributed by atoms with van der Waals surface area (Å²) in [6.45, 7) is 7.11. The molecule has 0 fully saturated rings. The molecular weight excluding hydrogens is 897 g/mol. The van der Waals surface area contributed by atoms with Crippen molar-refractivity contribution in [1.82, 2.24) is 0 Å². The fourth-order valence-corrected chi connectivity index (χ4v) is 7.55. The molecule has 0 saturated carbocycles. The minimum atomic E-state index is -0.571. The van der Waals surface area contributed by atoms with E-state index in [1.807, 2.05) is 80.6 Å². The van der Waals surface area contributed by atoms with Crippen molar-refractivity contribution in [3.63, 3.8) is 0 Å². The predicted molar refractivity (Wildman–Crippen MR) is 269 cm³/mol. The summed E-state index contributed by atoms with van der Waals surface area (Å²) < 4.78 is 39.8. The highest BCUT2D eigenvalue weighted by Gasteiger charge is 2.17. The van der Waals surface area contributed by atoms with Crippen LogP contribution in [-0.2, 0) is 11.2 Å². The number of aryl methyl sites for hydroxylation is 2. The number of carbonyl (C=O) groups is 4. The van der Waals surface area contributed by atoms with Gasteiger partial charge in [0, 0.05) is 11.5 Å². The van der Waals surface area contributed by atoms with E-state index >= 15 is 0 Å². The van der Waals surface area contributed by atoms with Gasteiger partial charge in [0.15, 0.2) is 12.4 Å². The standard InChI is InChI=1S/C60H50O11/c1-38-34-47(40(3)48-17-33-57(39(2)35-48)71-60(64)46-14-26-51(27-15-46)67-50-22-10-44(11-23-50)41(4)61)16-32-56(38)66-37-58(62)69-54-30-28-53(29-31-54)68-52-24-12-45(13-25-52)59(63)70-55-20-8-43(9-21-55)36-42-6-18-49(65-5)19-7-42/h6-35,40H,36-37H2,1-5H3. The van der Waals surface area contributed by atoms with Gasteiger partial charge in [-0.05, 0) is 194 Å². The van der Waals surface area contributed by atoms with Crippen molar-refractivity contribution in [2.24, 2.45) is 0 Å². The van der Waals surface area contributed by atoms with E-state index < -0.39 is 17.9 Å². The van der Waals surface area contributed by atoms with Crippen LogP contribution in [0, 0.1) is 13.8 Å². The summed E-state index contributed by atoms with van der Waals surface area (Å²) in [5, 5.41) is 0. The van der Waals surface area contributed by atoms with Gasteiger partial charge in [0.25, 0.3) is 0 Å². The number of esters is 3. The lowest BCUT2D eigenvalue weighted by molar-refractivity contribution is -0.136. The van der Waals surface area contributed by atoms with Gasteiger partial charge >= 0.3 is 17.9 Å². The van der Waals surface area contributed by atoms with Crippen LogP contribution in [0.1, 0.15) is 84.2 Å². The lowest BCUT2D eigenvalue weighted by Crippen LogP contribution is -2.18. The first kappa shape index (κ1) is 48.5. The normalized spacial score (nSPS) is 11.2. The van der Waals surface area contributed by atoms with Crippen molar-refractivity contribution < 1.29 is 52.3 Å². The van der Waals surface area contributed by atoms with E-state index in [0.29, 0.717) is 62.7 Å². The van der Waals surface area contributed by atoms with Gasteiger partial charge in [0.1, 0.15) is 51.7 Å². The number of rotatable bonds is 18. The van der Waals surface area contributed by atoms with Crippen LogP contribution in [0.3, 0.4) is 0 Å². The summed E-state index contributed by atoms with van der Waals surface area (Å²) in [7, 11) is 1.64. The summed E-state index contributed by atoms with van der Waals surface area (Å²) in [5.74, 6) is 3.15. The van der Waals surface area contributed by atoms with Crippen LogP contribution in [0.15, 0.2) is 182 Å². The van der Waals surface area contributed by atoms with E-state index in [2.05, 4.69) is 6.92 Å². The second kappa shape index (κ2) is 22.4. The second-order valence-corrected chi connectivity index (χ2v) is 16.8. The second-order valence-electron chi connectivity index (χ2n) is 16.8. The summed E-state index contributed by atoms with van der Waals surface area (Å²) in [5.41, 5.74) is 7.30. The molecule has 0 bridgehead atoms. The van der Waals surface area contributed by atoms with E-state index in [4.69, 9.17) is 33.2 Å². The molecule has 8 aromatic rings. The van der Waals surface area contributed by atoms with Gasteiger partial charge in [-0.1, -0.05) is 55.5 Å². The number of Topliss-reactive ketones (excluding diaryl/α,β-unsaturated/α-hetero) is 1. The molecule has 0 spiro atoms. The molecule has 0 aliphatic rings. The summed E-state index contributed by atoms with van der Waals surface area (Å²) >= 11 is 0. The average molecular weight is 947 g/mol. The molecule has 0 aliphatic heterocycles. The Morgan fingerprint density at radius 3 is 1.30 bits per heavy atom. The number of carbonyl (C=O) groups excluding carboxylic acids is 4. The minimum absolute atomic E-state index is 0.00429. The topological polar surface area (TPSA) is 133 Å². The van der Waals surface area contributed by atoms with Crippen LogP contribution in [0.4, 0.5) is 0 Å². The first-order chi connectivity index (χ1) is 34.3. The maximum Gasteiger partial charge on any atom is 0.349 e. The lowest BCUT2D eigenvalue weighted by atomic mass is 9.91. The van der Waals surface area contributed by atoms with Crippen molar-refractivity contribution in [2.75, 3.05) is 13.7 Å². The zero-order valence-electron chi connectivity index (χ0n) is 39.8. The molecule has 1 unspecified atom stereocenters. The van der Waals surface area contributed by atoms with Crippen LogP contribution in [0.2, 0.25) is 0 Å². The maximum absolute atomic E-state index is 13.0. The fraction of sp³-hybridized carbons (Fsp3) is 0.133. The largest absolute Gasteiger partial charge is 0.497 e. The number of methoxy groups -OCH3 is 1. The molecule has 1 atom stereocenters. The third kappa shape index (κ3) is 13.0. The van der Waals surface area contributed by atoms with E-state index in [0.717, 1.165) is 45.6 Å². The summed E-state index contributed by atoms with van der Waals surface area (Å²) in [6.07, 6.45) is 0.741. The van der Waals surface area contributed by atoms with Gasteiger partial charge in [-0.15, -0.1) is 0 Å². The predicted octanol–water partition coefficient (Wildman–Crippen LogP) is 13.3. The Kier molecular flexibility index (Phi) is 15.3. The quantitative estimate of drug-likeness (QED) is 0.0462. The van der Waals surface area contributed by atoms with Crippen LogP contribution < -0.4 is 33.2 Å². The zero-order chi connectivity index (χ0) is 49.9. The molecule has 71 heavy (non-hydrogen) atoms. The molecule has 0 heterocycles. The van der Waals surface area contributed by atoms with Crippen LogP contribution in [0.25, 0.3) is 0 Å². The third-order valence-corrected chi connectivity index (χ3v) is 11.6.